The summed E-state index contributed by atoms with van der Waals surface area (Å²) < 4.78 is 36.1. The Morgan fingerprint density at radius 1 is 1.10 bits per heavy atom. The number of benzene rings is 1. The van der Waals surface area contributed by atoms with Gasteiger partial charge in [0.15, 0.2) is 9.89 Å². The molecule has 0 aliphatic heterocycles. The van der Waals surface area contributed by atoms with Crippen LogP contribution in [0.4, 0.5) is 0 Å². The third kappa shape index (κ3) is 7.37. The molecule has 2 aromatic rings. The van der Waals surface area contributed by atoms with Gasteiger partial charge in [0.25, 0.3) is 5.56 Å². The van der Waals surface area contributed by atoms with Gasteiger partial charge in [0, 0.05) is 11.8 Å². The molecular weight excluding hydrogens is 538 g/mol. The third-order valence-corrected chi connectivity index (χ3v) is 8.96. The highest BCUT2D eigenvalue weighted by Crippen LogP contribution is 2.59. The highest BCUT2D eigenvalue weighted by molar-refractivity contribution is 14.1. The molecule has 9 nitrogen and oxygen atoms in total. The summed E-state index contributed by atoms with van der Waals surface area (Å²) in [6.07, 6.45) is 0.373. The molecule has 11 heteroatoms. The largest absolute Gasteiger partial charge is 0.374 e. The van der Waals surface area contributed by atoms with Crippen molar-refractivity contribution in [1.29, 1.82) is 0 Å². The predicted molar refractivity (Wildman–Crippen MR) is 126 cm³/mol. The van der Waals surface area contributed by atoms with Gasteiger partial charge in [0.05, 0.1) is 33.0 Å². The van der Waals surface area contributed by atoms with Crippen LogP contribution in [0.25, 0.3) is 0 Å². The SMILES string of the molecule is CCOP(=O)(OCC)[C@@H](I)[C@H](OCCOCc1ccccc1)n1cc(C)c(=O)[nH]c1=O. The highest BCUT2D eigenvalue weighted by atomic mass is 127. The van der Waals surface area contributed by atoms with Crippen LogP contribution < -0.4 is 11.2 Å². The maximum Gasteiger partial charge on any atom is 0.347 e. The fourth-order valence-corrected chi connectivity index (χ4v) is 5.90. The van der Waals surface area contributed by atoms with Gasteiger partial charge in [-0.3, -0.25) is 18.9 Å². The molecule has 0 aliphatic carbocycles. The molecule has 0 saturated heterocycles. The summed E-state index contributed by atoms with van der Waals surface area (Å²) in [4.78, 5) is 26.5. The van der Waals surface area contributed by atoms with E-state index in [0.29, 0.717) is 12.2 Å². The van der Waals surface area contributed by atoms with E-state index in [1.54, 1.807) is 20.8 Å². The minimum absolute atomic E-state index is 0.125. The Labute approximate surface area is 194 Å². The second kappa shape index (κ2) is 12.7. The third-order valence-electron chi connectivity index (χ3n) is 4.20. The summed E-state index contributed by atoms with van der Waals surface area (Å²) in [5.41, 5.74) is 0.177. The molecule has 0 amide bonds. The summed E-state index contributed by atoms with van der Waals surface area (Å²) in [5, 5.41) is 0. The Morgan fingerprint density at radius 3 is 2.35 bits per heavy atom. The lowest BCUT2D eigenvalue weighted by Crippen LogP contribution is -2.38. The lowest BCUT2D eigenvalue weighted by molar-refractivity contribution is -0.0293. The van der Waals surface area contributed by atoms with Gasteiger partial charge in [-0.25, -0.2) is 4.79 Å². The van der Waals surface area contributed by atoms with Crippen molar-refractivity contribution in [1.82, 2.24) is 9.55 Å². The number of hydrogen-bond acceptors (Lipinski definition) is 7. The number of alkyl halides is 1. The maximum atomic E-state index is 13.3. The zero-order chi connectivity index (χ0) is 22.9. The van der Waals surface area contributed by atoms with Crippen molar-refractivity contribution in [2.24, 2.45) is 0 Å². The van der Waals surface area contributed by atoms with Crippen LogP contribution in [0.2, 0.25) is 0 Å². The number of aryl methyl sites for hydroxylation is 1. The van der Waals surface area contributed by atoms with Gasteiger partial charge in [-0.05, 0) is 26.3 Å². The van der Waals surface area contributed by atoms with Crippen LogP contribution in [-0.2, 0) is 29.7 Å². The lowest BCUT2D eigenvalue weighted by atomic mass is 10.2. The number of nitrogens with one attached hydrogen (secondary N) is 1. The molecule has 2 atom stereocenters. The van der Waals surface area contributed by atoms with Gasteiger partial charge < -0.3 is 18.5 Å². The number of nitrogens with zero attached hydrogens (tertiary/aromatic N) is 1. The fraction of sp³-hybridized carbons (Fsp3) is 0.500. The Balaban J connectivity index is 2.19. The first-order chi connectivity index (χ1) is 14.8. The van der Waals surface area contributed by atoms with E-state index in [2.05, 4.69) is 4.98 Å². The molecule has 0 radical (unpaired) electrons. The molecule has 31 heavy (non-hydrogen) atoms. The summed E-state index contributed by atoms with van der Waals surface area (Å²) in [5.74, 6) is 0. The summed E-state index contributed by atoms with van der Waals surface area (Å²) >= 11 is 1.91. The smallest absolute Gasteiger partial charge is 0.347 e. The molecule has 0 saturated carbocycles. The molecule has 0 bridgehead atoms. The first kappa shape index (κ1) is 26.0. The van der Waals surface area contributed by atoms with E-state index in [9.17, 15) is 14.2 Å². The quantitative estimate of drug-likeness (QED) is 0.171. The molecule has 1 aromatic carbocycles. The minimum atomic E-state index is -3.61. The van der Waals surface area contributed by atoms with E-state index in [4.69, 9.17) is 18.5 Å². The second-order valence-corrected chi connectivity index (χ2v) is 11.0. The van der Waals surface area contributed by atoms with Crippen LogP contribution in [0.15, 0.2) is 46.1 Å². The van der Waals surface area contributed by atoms with Gasteiger partial charge >= 0.3 is 13.3 Å². The zero-order valence-electron chi connectivity index (χ0n) is 17.8. The molecule has 1 heterocycles. The average Bonchev–Trinajstić information content (AvgIpc) is 2.74. The number of halogens is 1. The zero-order valence-corrected chi connectivity index (χ0v) is 20.8. The Hall–Kier alpha value is -1.30. The van der Waals surface area contributed by atoms with Crippen LogP contribution in [0.3, 0.4) is 0 Å². The van der Waals surface area contributed by atoms with Gasteiger partial charge in [0.2, 0.25) is 0 Å². The van der Waals surface area contributed by atoms with Crippen molar-refractivity contribution < 1.29 is 23.1 Å². The second-order valence-electron chi connectivity index (χ2n) is 6.53. The molecule has 172 valence electrons. The van der Waals surface area contributed by atoms with Gasteiger partial charge in [-0.1, -0.05) is 52.9 Å². The van der Waals surface area contributed by atoms with E-state index >= 15 is 0 Å². The molecule has 0 spiro atoms. The highest BCUT2D eigenvalue weighted by Gasteiger charge is 2.41. The van der Waals surface area contributed by atoms with Crippen LogP contribution in [0.5, 0.6) is 0 Å². The van der Waals surface area contributed by atoms with Gasteiger partial charge in [0.1, 0.15) is 0 Å². The Morgan fingerprint density at radius 2 is 1.74 bits per heavy atom. The van der Waals surface area contributed by atoms with Crippen molar-refractivity contribution in [2.75, 3.05) is 26.4 Å². The number of hydrogen-bond donors (Lipinski definition) is 1. The number of aromatic amines is 1. The fourth-order valence-electron chi connectivity index (χ4n) is 2.76. The number of aromatic nitrogens is 2. The minimum Gasteiger partial charge on any atom is -0.374 e. The van der Waals surface area contributed by atoms with Crippen molar-refractivity contribution >= 4 is 30.2 Å². The van der Waals surface area contributed by atoms with Crippen LogP contribution >= 0.6 is 30.2 Å². The van der Waals surface area contributed by atoms with E-state index in [-0.39, 0.29) is 26.4 Å². The van der Waals surface area contributed by atoms with Crippen molar-refractivity contribution in [3.63, 3.8) is 0 Å². The van der Waals surface area contributed by atoms with E-state index in [0.717, 1.165) is 5.56 Å². The topological polar surface area (TPSA) is 109 Å². The Bertz CT molecular complexity index is 969. The normalized spacial score (nSPS) is 13.8. The number of ether oxygens (including phenoxy) is 2. The van der Waals surface area contributed by atoms with Crippen LogP contribution in [-0.4, -0.2) is 39.6 Å². The molecule has 1 N–H and O–H groups in total. The lowest BCUT2D eigenvalue weighted by Gasteiger charge is -2.29. The summed E-state index contributed by atoms with van der Waals surface area (Å²) in [6.45, 7) is 6.11. The Kier molecular flexibility index (Phi) is 10.6. The van der Waals surface area contributed by atoms with Crippen molar-refractivity contribution in [3.8, 4) is 0 Å². The molecule has 0 fully saturated rings. The standard InChI is InChI=1S/C20H28IN2O7P/c1-4-29-31(26,30-5-2)17(21)19(23-13-15(3)18(24)22-20(23)25)28-12-11-27-14-16-9-7-6-8-10-16/h6-10,13,17,19H,4-5,11-12,14H2,1-3H3,(H,22,24,25)/t17-,19+/m1/s1. The van der Waals surface area contributed by atoms with E-state index < -0.39 is 28.7 Å². The molecular formula is C20H28IN2O7P. The van der Waals surface area contributed by atoms with E-state index in [1.807, 2.05) is 52.9 Å². The molecule has 1 aromatic heterocycles. The van der Waals surface area contributed by atoms with Crippen molar-refractivity contribution in [2.45, 2.75) is 37.3 Å². The first-order valence-electron chi connectivity index (χ1n) is 9.90. The average molecular weight is 566 g/mol. The van der Waals surface area contributed by atoms with Gasteiger partial charge in [-0.15, -0.1) is 0 Å². The number of rotatable bonds is 13. The first-order valence-corrected chi connectivity index (χ1v) is 12.8. The number of H-pyrrole nitrogens is 1. The predicted octanol–water partition coefficient (Wildman–Crippen LogP) is 3.60. The van der Waals surface area contributed by atoms with Crippen LogP contribution in [0.1, 0.15) is 31.2 Å². The molecule has 0 unspecified atom stereocenters. The molecule has 0 aliphatic rings. The summed E-state index contributed by atoms with van der Waals surface area (Å²) in [6, 6.07) is 9.68. The van der Waals surface area contributed by atoms with Gasteiger partial charge in [-0.2, -0.15) is 0 Å². The van der Waals surface area contributed by atoms with E-state index in [1.165, 1.54) is 10.8 Å². The van der Waals surface area contributed by atoms with Crippen LogP contribution in [0, 0.1) is 6.92 Å². The van der Waals surface area contributed by atoms with Crippen molar-refractivity contribution in [3.05, 3.63) is 68.5 Å². The maximum absolute atomic E-state index is 13.3. The monoisotopic (exact) mass is 566 g/mol. The summed E-state index contributed by atoms with van der Waals surface area (Å²) in [7, 11) is -3.61. The molecule has 2 rings (SSSR count).